The van der Waals surface area contributed by atoms with Gasteiger partial charge in [-0.15, -0.1) is 0 Å². The summed E-state index contributed by atoms with van der Waals surface area (Å²) in [4.78, 5) is 10.5. The molecule has 0 saturated heterocycles. The first kappa shape index (κ1) is 14.4. The highest BCUT2D eigenvalue weighted by molar-refractivity contribution is 7.89. The Kier molecular flexibility index (Phi) is 3.50. The molecule has 8 heteroatoms. The Morgan fingerprint density at radius 2 is 2.15 bits per heavy atom. The number of carboxylic acid groups (broad SMARTS) is 1. The number of benzene rings is 1. The predicted octanol–water partition coefficient (Wildman–Crippen LogP) is 0.840. The lowest BCUT2D eigenvalue weighted by molar-refractivity contribution is -0.143. The zero-order chi connectivity index (χ0) is 15.0. The van der Waals surface area contributed by atoms with Gasteiger partial charge in [-0.3, -0.25) is 4.79 Å². The molecule has 2 rings (SSSR count). The first-order chi connectivity index (χ1) is 9.32. The highest BCUT2D eigenvalue weighted by Gasteiger charge is 2.50. The van der Waals surface area contributed by atoms with E-state index in [-0.39, 0.29) is 6.54 Å². The maximum atomic E-state index is 13.4. The molecule has 1 aromatic carbocycles. The fourth-order valence-electron chi connectivity index (χ4n) is 1.76. The van der Waals surface area contributed by atoms with E-state index in [1.165, 1.54) is 12.1 Å². The van der Waals surface area contributed by atoms with Crippen LogP contribution in [0.15, 0.2) is 23.1 Å². The Morgan fingerprint density at radius 1 is 1.50 bits per heavy atom. The van der Waals surface area contributed by atoms with Gasteiger partial charge in [-0.05, 0) is 25.0 Å². The molecule has 0 bridgehead atoms. The van der Waals surface area contributed by atoms with Gasteiger partial charge in [-0.2, -0.15) is 5.26 Å². The van der Waals surface area contributed by atoms with Gasteiger partial charge >= 0.3 is 5.97 Å². The van der Waals surface area contributed by atoms with Crippen molar-refractivity contribution >= 4 is 16.0 Å². The quantitative estimate of drug-likeness (QED) is 0.837. The monoisotopic (exact) mass is 298 g/mol. The minimum atomic E-state index is -4.13. The highest BCUT2D eigenvalue weighted by Crippen LogP contribution is 2.45. The van der Waals surface area contributed by atoms with Gasteiger partial charge in [0, 0.05) is 6.54 Å². The van der Waals surface area contributed by atoms with Crippen LogP contribution in [0.5, 0.6) is 0 Å². The van der Waals surface area contributed by atoms with E-state index < -0.39 is 37.7 Å². The van der Waals surface area contributed by atoms with E-state index in [2.05, 4.69) is 4.72 Å². The maximum Gasteiger partial charge on any atom is 0.310 e. The van der Waals surface area contributed by atoms with Crippen molar-refractivity contribution < 1.29 is 22.7 Å². The van der Waals surface area contributed by atoms with Gasteiger partial charge in [0.25, 0.3) is 0 Å². The van der Waals surface area contributed by atoms with E-state index in [1.54, 1.807) is 0 Å². The number of carboxylic acids is 1. The van der Waals surface area contributed by atoms with Gasteiger partial charge < -0.3 is 5.11 Å². The Hall–Kier alpha value is -1.98. The molecule has 0 aromatic heterocycles. The average Bonchev–Trinajstić information content (AvgIpc) is 3.17. The van der Waals surface area contributed by atoms with Crippen LogP contribution in [-0.2, 0) is 14.8 Å². The van der Waals surface area contributed by atoms with Crippen molar-refractivity contribution in [2.45, 2.75) is 17.7 Å². The molecule has 0 unspecified atom stereocenters. The van der Waals surface area contributed by atoms with E-state index in [1.807, 2.05) is 0 Å². The van der Waals surface area contributed by atoms with Crippen LogP contribution in [0.25, 0.3) is 0 Å². The number of nitrogens with zero attached hydrogens (tertiary/aromatic N) is 1. The van der Waals surface area contributed by atoms with Crippen molar-refractivity contribution in [3.8, 4) is 6.07 Å². The Bertz CT molecular complexity index is 705. The molecule has 0 aliphatic heterocycles. The van der Waals surface area contributed by atoms with Crippen molar-refractivity contribution in [1.82, 2.24) is 4.72 Å². The van der Waals surface area contributed by atoms with Crippen molar-refractivity contribution in [2.75, 3.05) is 6.54 Å². The van der Waals surface area contributed by atoms with E-state index in [0.717, 1.165) is 12.1 Å². The average molecular weight is 298 g/mol. The molecule has 1 fully saturated rings. The molecule has 0 spiro atoms. The third-order valence-electron chi connectivity index (χ3n) is 3.28. The smallest absolute Gasteiger partial charge is 0.310 e. The zero-order valence-corrected chi connectivity index (χ0v) is 11.1. The van der Waals surface area contributed by atoms with Crippen LogP contribution in [0, 0.1) is 22.6 Å². The van der Waals surface area contributed by atoms with E-state index >= 15 is 0 Å². The lowest BCUT2D eigenvalue weighted by Crippen LogP contribution is -2.34. The number of nitrogens with one attached hydrogen (secondary N) is 1. The normalized spacial score (nSPS) is 16.4. The standard InChI is InChI=1S/C12H11FN2O4S/c13-9-2-1-3-10(8(9)6-14)20(18,19)15-7-12(4-5-12)11(16)17/h1-3,15H,4-5,7H2,(H,16,17). The molecular formula is C12H11FN2O4S. The summed E-state index contributed by atoms with van der Waals surface area (Å²) >= 11 is 0. The number of hydrogen-bond donors (Lipinski definition) is 2. The summed E-state index contributed by atoms with van der Waals surface area (Å²) in [7, 11) is -4.13. The number of halogens is 1. The van der Waals surface area contributed by atoms with Crippen LogP contribution < -0.4 is 4.72 Å². The number of hydrogen-bond acceptors (Lipinski definition) is 4. The summed E-state index contributed by atoms with van der Waals surface area (Å²) in [6.07, 6.45) is 0.776. The van der Waals surface area contributed by atoms with Crippen LogP contribution in [0.4, 0.5) is 4.39 Å². The number of carbonyl (C=O) groups is 1. The first-order valence-electron chi connectivity index (χ1n) is 5.74. The van der Waals surface area contributed by atoms with Crippen LogP contribution in [-0.4, -0.2) is 26.0 Å². The summed E-state index contributed by atoms with van der Waals surface area (Å²) in [5.74, 6) is -2.00. The van der Waals surface area contributed by atoms with Gasteiger partial charge in [0.05, 0.1) is 5.41 Å². The third-order valence-corrected chi connectivity index (χ3v) is 4.73. The van der Waals surface area contributed by atoms with Gasteiger partial charge in [0.1, 0.15) is 22.3 Å². The number of nitriles is 1. The molecule has 1 aliphatic carbocycles. The molecule has 20 heavy (non-hydrogen) atoms. The van der Waals surface area contributed by atoms with Crippen molar-refractivity contribution in [3.05, 3.63) is 29.6 Å². The van der Waals surface area contributed by atoms with Crippen LogP contribution in [0.3, 0.4) is 0 Å². The third kappa shape index (κ3) is 2.50. The maximum absolute atomic E-state index is 13.4. The predicted molar refractivity (Wildman–Crippen MR) is 65.6 cm³/mol. The van der Waals surface area contributed by atoms with Gasteiger partial charge in [0.2, 0.25) is 10.0 Å². The topological polar surface area (TPSA) is 107 Å². The molecule has 6 nitrogen and oxygen atoms in total. The lowest BCUT2D eigenvalue weighted by Gasteiger charge is -2.12. The van der Waals surface area contributed by atoms with Crippen molar-refractivity contribution in [2.24, 2.45) is 5.41 Å². The van der Waals surface area contributed by atoms with Crippen LogP contribution in [0.1, 0.15) is 18.4 Å². The Morgan fingerprint density at radius 3 is 2.65 bits per heavy atom. The second kappa shape index (κ2) is 4.85. The molecule has 1 saturated carbocycles. The van der Waals surface area contributed by atoms with E-state index in [0.29, 0.717) is 12.8 Å². The highest BCUT2D eigenvalue weighted by atomic mass is 32.2. The van der Waals surface area contributed by atoms with E-state index in [4.69, 9.17) is 10.4 Å². The molecule has 0 heterocycles. The van der Waals surface area contributed by atoms with Gasteiger partial charge in [-0.1, -0.05) is 6.07 Å². The summed E-state index contributed by atoms with van der Waals surface area (Å²) in [6, 6.07) is 4.76. The summed E-state index contributed by atoms with van der Waals surface area (Å²) in [6.45, 7) is -0.272. The second-order valence-corrected chi connectivity index (χ2v) is 6.37. The number of rotatable bonds is 5. The molecule has 1 aromatic rings. The molecule has 0 radical (unpaired) electrons. The van der Waals surface area contributed by atoms with Crippen LogP contribution in [0.2, 0.25) is 0 Å². The molecule has 0 atom stereocenters. The fourth-order valence-corrected chi connectivity index (χ4v) is 3.06. The van der Waals surface area contributed by atoms with Crippen LogP contribution >= 0.6 is 0 Å². The minimum absolute atomic E-state index is 0.272. The molecule has 0 amide bonds. The van der Waals surface area contributed by atoms with E-state index in [9.17, 15) is 17.6 Å². The van der Waals surface area contributed by atoms with Gasteiger partial charge in [-0.25, -0.2) is 17.5 Å². The molecule has 1 aliphatic rings. The SMILES string of the molecule is N#Cc1c(F)cccc1S(=O)(=O)NCC1(C(=O)O)CC1. The first-order valence-corrected chi connectivity index (χ1v) is 7.22. The van der Waals surface area contributed by atoms with Crippen molar-refractivity contribution in [1.29, 1.82) is 5.26 Å². The Labute approximate surface area is 114 Å². The Balaban J connectivity index is 2.26. The largest absolute Gasteiger partial charge is 0.481 e. The summed E-state index contributed by atoms with van der Waals surface area (Å²) in [5.41, 5.74) is -1.66. The molecular weight excluding hydrogens is 287 g/mol. The second-order valence-electron chi connectivity index (χ2n) is 4.63. The number of sulfonamides is 1. The summed E-state index contributed by atoms with van der Waals surface area (Å²) < 4.78 is 39.6. The number of aliphatic carboxylic acids is 1. The van der Waals surface area contributed by atoms with Gasteiger partial charge in [0.15, 0.2) is 0 Å². The molecule has 106 valence electrons. The minimum Gasteiger partial charge on any atom is -0.481 e. The lowest BCUT2D eigenvalue weighted by atomic mass is 10.1. The fraction of sp³-hybridized carbons (Fsp3) is 0.333. The zero-order valence-electron chi connectivity index (χ0n) is 10.3. The van der Waals surface area contributed by atoms with Crippen molar-refractivity contribution in [3.63, 3.8) is 0 Å². The molecule has 2 N–H and O–H groups in total. The summed E-state index contributed by atoms with van der Waals surface area (Å²) in [5, 5.41) is 17.8.